The number of esters is 1. The first-order valence-corrected chi connectivity index (χ1v) is 9.28. The Morgan fingerprint density at radius 1 is 1.14 bits per heavy atom. The van der Waals surface area contributed by atoms with Crippen LogP contribution in [-0.4, -0.2) is 38.0 Å². The lowest BCUT2D eigenvalue weighted by Crippen LogP contribution is -2.40. The van der Waals surface area contributed by atoms with Crippen molar-refractivity contribution >= 4 is 16.0 Å². The second kappa shape index (κ2) is 6.38. The van der Waals surface area contributed by atoms with E-state index in [1.807, 2.05) is 32.9 Å². The van der Waals surface area contributed by atoms with Crippen LogP contribution < -0.4 is 4.74 Å². The standard InChI is InChI=1S/C16H23NO4S/c1-11-9-12(2)15(13(3)10-11)21-16(18)14-5-7-17(8-6-14)22(4,19)20/h9-10,14H,5-8H2,1-4H3. The summed E-state index contributed by atoms with van der Waals surface area (Å²) in [6.45, 7) is 6.62. The van der Waals surface area contributed by atoms with Crippen LogP contribution in [0.3, 0.4) is 0 Å². The summed E-state index contributed by atoms with van der Waals surface area (Å²) in [7, 11) is -3.17. The number of aryl methyl sites for hydroxylation is 3. The molecule has 0 unspecified atom stereocenters. The highest BCUT2D eigenvalue weighted by Gasteiger charge is 2.30. The molecule has 6 heteroatoms. The lowest BCUT2D eigenvalue weighted by atomic mass is 9.98. The molecule has 122 valence electrons. The number of piperidine rings is 1. The van der Waals surface area contributed by atoms with Crippen LogP contribution in [-0.2, 0) is 14.8 Å². The Morgan fingerprint density at radius 3 is 2.09 bits per heavy atom. The van der Waals surface area contributed by atoms with Crippen molar-refractivity contribution in [2.24, 2.45) is 5.92 Å². The average Bonchev–Trinajstić information content (AvgIpc) is 2.41. The monoisotopic (exact) mass is 325 g/mol. The first-order valence-electron chi connectivity index (χ1n) is 7.43. The molecule has 0 radical (unpaired) electrons. The van der Waals surface area contributed by atoms with E-state index in [0.29, 0.717) is 31.7 Å². The summed E-state index contributed by atoms with van der Waals surface area (Å²) in [6, 6.07) is 3.98. The molecule has 1 aromatic carbocycles. The van der Waals surface area contributed by atoms with Crippen LogP contribution in [0, 0.1) is 26.7 Å². The van der Waals surface area contributed by atoms with Crippen LogP contribution in [0.2, 0.25) is 0 Å². The van der Waals surface area contributed by atoms with E-state index in [1.165, 1.54) is 10.6 Å². The molecule has 0 aromatic heterocycles. The predicted octanol–water partition coefficient (Wildman–Crippen LogP) is 2.19. The summed E-state index contributed by atoms with van der Waals surface area (Å²) in [4.78, 5) is 12.3. The van der Waals surface area contributed by atoms with Gasteiger partial charge in [0.05, 0.1) is 12.2 Å². The van der Waals surface area contributed by atoms with E-state index >= 15 is 0 Å². The summed E-state index contributed by atoms with van der Waals surface area (Å²) < 4.78 is 30.0. The van der Waals surface area contributed by atoms with Crippen molar-refractivity contribution in [1.82, 2.24) is 4.31 Å². The van der Waals surface area contributed by atoms with E-state index in [-0.39, 0.29) is 11.9 Å². The van der Waals surface area contributed by atoms with Crippen LogP contribution in [0.25, 0.3) is 0 Å². The minimum Gasteiger partial charge on any atom is -0.426 e. The molecule has 0 atom stereocenters. The highest BCUT2D eigenvalue weighted by atomic mass is 32.2. The van der Waals surface area contributed by atoms with Gasteiger partial charge in [-0.2, -0.15) is 0 Å². The molecular formula is C16H23NO4S. The Labute approximate surface area is 132 Å². The first kappa shape index (κ1) is 17.0. The number of rotatable bonds is 3. The van der Waals surface area contributed by atoms with E-state index in [9.17, 15) is 13.2 Å². The van der Waals surface area contributed by atoms with Crippen LogP contribution in [0.1, 0.15) is 29.5 Å². The van der Waals surface area contributed by atoms with Gasteiger partial charge in [0, 0.05) is 13.1 Å². The second-order valence-electron chi connectivity index (χ2n) is 6.09. The number of hydrogen-bond donors (Lipinski definition) is 0. The van der Waals surface area contributed by atoms with E-state index in [2.05, 4.69) is 0 Å². The molecule has 0 saturated carbocycles. The Morgan fingerprint density at radius 2 is 1.64 bits per heavy atom. The third kappa shape index (κ3) is 3.87. The minimum absolute atomic E-state index is 0.238. The molecule has 1 aromatic rings. The van der Waals surface area contributed by atoms with Crippen molar-refractivity contribution in [3.05, 3.63) is 28.8 Å². The molecule has 1 aliphatic rings. The molecule has 1 heterocycles. The van der Waals surface area contributed by atoms with Gasteiger partial charge in [-0.15, -0.1) is 0 Å². The smallest absolute Gasteiger partial charge is 0.314 e. The van der Waals surface area contributed by atoms with Gasteiger partial charge in [0.15, 0.2) is 0 Å². The largest absolute Gasteiger partial charge is 0.426 e. The first-order chi connectivity index (χ1) is 10.2. The molecule has 2 rings (SSSR count). The van der Waals surface area contributed by atoms with Crippen molar-refractivity contribution in [2.75, 3.05) is 19.3 Å². The quantitative estimate of drug-likeness (QED) is 0.631. The summed E-state index contributed by atoms with van der Waals surface area (Å²) in [6.07, 6.45) is 2.22. The number of carbonyl (C=O) groups is 1. The van der Waals surface area contributed by atoms with Gasteiger partial charge >= 0.3 is 5.97 Å². The van der Waals surface area contributed by atoms with Crippen molar-refractivity contribution in [1.29, 1.82) is 0 Å². The number of sulfonamides is 1. The van der Waals surface area contributed by atoms with Gasteiger partial charge < -0.3 is 4.74 Å². The van der Waals surface area contributed by atoms with Crippen molar-refractivity contribution in [3.63, 3.8) is 0 Å². The zero-order valence-corrected chi connectivity index (χ0v) is 14.4. The van der Waals surface area contributed by atoms with Gasteiger partial charge in [-0.1, -0.05) is 17.7 Å². The second-order valence-corrected chi connectivity index (χ2v) is 8.07. The fourth-order valence-corrected chi connectivity index (χ4v) is 3.81. The zero-order valence-electron chi connectivity index (χ0n) is 13.5. The maximum atomic E-state index is 12.3. The molecule has 0 bridgehead atoms. The van der Waals surface area contributed by atoms with Gasteiger partial charge in [-0.25, -0.2) is 12.7 Å². The molecule has 0 spiro atoms. The molecule has 5 nitrogen and oxygen atoms in total. The van der Waals surface area contributed by atoms with E-state index < -0.39 is 10.0 Å². The maximum Gasteiger partial charge on any atom is 0.314 e. The molecule has 0 amide bonds. The fraction of sp³-hybridized carbons (Fsp3) is 0.562. The number of hydrogen-bond acceptors (Lipinski definition) is 4. The molecule has 1 saturated heterocycles. The molecule has 0 N–H and O–H groups in total. The highest BCUT2D eigenvalue weighted by molar-refractivity contribution is 7.88. The third-order valence-corrected chi connectivity index (χ3v) is 5.37. The van der Waals surface area contributed by atoms with Crippen molar-refractivity contribution in [3.8, 4) is 5.75 Å². The molecule has 22 heavy (non-hydrogen) atoms. The topological polar surface area (TPSA) is 63.7 Å². The van der Waals surface area contributed by atoms with Gasteiger partial charge in [-0.3, -0.25) is 4.79 Å². The van der Waals surface area contributed by atoms with Gasteiger partial charge in [0.2, 0.25) is 10.0 Å². The highest BCUT2D eigenvalue weighted by Crippen LogP contribution is 2.27. The normalized spacial score (nSPS) is 17.5. The van der Waals surface area contributed by atoms with Gasteiger partial charge in [-0.05, 0) is 44.7 Å². The summed E-state index contributed by atoms with van der Waals surface area (Å²) >= 11 is 0. The minimum atomic E-state index is -3.17. The Bertz CT molecular complexity index is 650. The lowest BCUT2D eigenvalue weighted by molar-refractivity contribution is -0.140. The zero-order chi connectivity index (χ0) is 16.5. The molecule has 1 fully saturated rings. The van der Waals surface area contributed by atoms with Gasteiger partial charge in [0.1, 0.15) is 5.75 Å². The Hall–Kier alpha value is -1.40. The number of nitrogens with zero attached hydrogens (tertiary/aromatic N) is 1. The van der Waals surface area contributed by atoms with Crippen molar-refractivity contribution in [2.45, 2.75) is 33.6 Å². The number of ether oxygens (including phenoxy) is 1. The van der Waals surface area contributed by atoms with Crippen LogP contribution in [0.4, 0.5) is 0 Å². The average molecular weight is 325 g/mol. The SMILES string of the molecule is Cc1cc(C)c(OC(=O)C2CCN(S(C)(=O)=O)CC2)c(C)c1. The molecular weight excluding hydrogens is 302 g/mol. The molecule has 1 aliphatic heterocycles. The third-order valence-electron chi connectivity index (χ3n) is 4.06. The van der Waals surface area contributed by atoms with Gasteiger partial charge in [0.25, 0.3) is 0 Å². The fourth-order valence-electron chi connectivity index (χ4n) is 2.93. The summed E-state index contributed by atoms with van der Waals surface area (Å²) in [5.74, 6) is 0.127. The van der Waals surface area contributed by atoms with Crippen LogP contribution >= 0.6 is 0 Å². The number of benzene rings is 1. The van der Waals surface area contributed by atoms with Crippen LogP contribution in [0.5, 0.6) is 5.75 Å². The maximum absolute atomic E-state index is 12.3. The van der Waals surface area contributed by atoms with Crippen LogP contribution in [0.15, 0.2) is 12.1 Å². The molecule has 0 aliphatic carbocycles. The van der Waals surface area contributed by atoms with E-state index in [1.54, 1.807) is 0 Å². The number of carbonyl (C=O) groups excluding carboxylic acids is 1. The Balaban J connectivity index is 2.03. The summed E-state index contributed by atoms with van der Waals surface area (Å²) in [5, 5.41) is 0. The lowest BCUT2D eigenvalue weighted by Gasteiger charge is -2.29. The summed E-state index contributed by atoms with van der Waals surface area (Å²) in [5.41, 5.74) is 3.02. The predicted molar refractivity (Wildman–Crippen MR) is 85.4 cm³/mol. The van der Waals surface area contributed by atoms with E-state index in [4.69, 9.17) is 4.74 Å². The Kier molecular flexibility index (Phi) is 4.92. The van der Waals surface area contributed by atoms with Crippen molar-refractivity contribution < 1.29 is 17.9 Å². The van der Waals surface area contributed by atoms with E-state index in [0.717, 1.165) is 16.7 Å².